The number of nitrogens with two attached hydrogens (primary N) is 3. The van der Waals surface area contributed by atoms with Gasteiger partial charge in [0.05, 0.1) is 11.7 Å². The first-order valence-corrected chi connectivity index (χ1v) is 8.89. The molecule has 10 N–H and O–H groups in total. The topological polar surface area (TPSA) is 178 Å². The zero-order chi connectivity index (χ0) is 20.8. The minimum Gasteiger partial charge on any atom is -0.388 e. The number of amidine groups is 2. The van der Waals surface area contributed by atoms with Crippen LogP contribution in [0, 0.1) is 22.8 Å². The SMILES string of the molecule is CCCCC(=N)CC(=N)N.CCCCC(=N)N.[C-]#[N+]NC(N)=NCCC. The second kappa shape index (κ2) is 22.4. The lowest BCUT2D eigenvalue weighted by Crippen LogP contribution is -2.25. The number of aliphatic imine (C=N–C) groups is 1. The van der Waals surface area contributed by atoms with Crippen LogP contribution in [0.3, 0.4) is 0 Å². The monoisotopic (exact) mass is 367 g/mol. The Balaban J connectivity index is -0.000000310. The van der Waals surface area contributed by atoms with E-state index in [-0.39, 0.29) is 11.8 Å². The van der Waals surface area contributed by atoms with E-state index in [1.807, 2.05) is 6.92 Å². The maximum absolute atomic E-state index is 7.30. The molecule has 0 bridgehead atoms. The number of hydrogen-bond donors (Lipinski definition) is 7. The van der Waals surface area contributed by atoms with Crippen LogP contribution in [0.25, 0.3) is 4.95 Å². The lowest BCUT2D eigenvalue weighted by molar-refractivity contribution is 0.827. The van der Waals surface area contributed by atoms with E-state index in [9.17, 15) is 0 Å². The van der Waals surface area contributed by atoms with Gasteiger partial charge in [-0.25, -0.2) is 4.99 Å². The van der Waals surface area contributed by atoms with Crippen molar-refractivity contribution < 1.29 is 0 Å². The molecule has 0 atom stereocenters. The normalized spacial score (nSPS) is 9.54. The molecule has 150 valence electrons. The first kappa shape index (κ1) is 28.2. The Bertz CT molecular complexity index is 450. The molecule has 0 aromatic rings. The Kier molecular flexibility index (Phi) is 24.2. The molecule has 0 fully saturated rings. The first-order chi connectivity index (χ1) is 12.2. The van der Waals surface area contributed by atoms with Crippen LogP contribution in [-0.4, -0.2) is 29.9 Å². The third-order valence-corrected chi connectivity index (χ3v) is 2.71. The number of unbranched alkanes of at least 4 members (excludes halogenated alkanes) is 2. The minimum atomic E-state index is 0.0982. The Morgan fingerprint density at radius 3 is 1.81 bits per heavy atom. The van der Waals surface area contributed by atoms with Crippen molar-refractivity contribution in [3.63, 3.8) is 0 Å². The van der Waals surface area contributed by atoms with Gasteiger partial charge < -0.3 is 22.6 Å². The standard InChI is InChI=1S/C7H15N3.C5H10N4.C5H12N2/c1-2-3-4-6(8)5-7(9)10;1-3-4-8-5(6)9-7-2;1-2-3-4-5(6)7/h8H,2-5H2,1H3,(H3,9,10);3-4H2,1H3,(H3,6,8,9);2-4H2,1H3,(H3,6,7). The lowest BCUT2D eigenvalue weighted by Gasteiger charge is -1.99. The van der Waals surface area contributed by atoms with Crippen LogP contribution in [0.2, 0.25) is 0 Å². The molecule has 0 aromatic carbocycles. The van der Waals surface area contributed by atoms with Gasteiger partial charge in [0.2, 0.25) is 0 Å². The Morgan fingerprint density at radius 2 is 1.46 bits per heavy atom. The van der Waals surface area contributed by atoms with Crippen molar-refractivity contribution in [3.05, 3.63) is 11.5 Å². The molecule has 0 aliphatic heterocycles. The number of nitrogens with one attached hydrogen (secondary N) is 4. The molecule has 0 aromatic heterocycles. The van der Waals surface area contributed by atoms with Gasteiger partial charge in [-0.2, -0.15) is 11.5 Å². The summed E-state index contributed by atoms with van der Waals surface area (Å²) in [6.45, 7) is 13.2. The number of hydrogen-bond acceptors (Lipinski definition) is 4. The highest BCUT2D eigenvalue weighted by atomic mass is 15.3. The Labute approximate surface area is 158 Å². The van der Waals surface area contributed by atoms with Crippen LogP contribution in [0.15, 0.2) is 4.99 Å². The number of rotatable bonds is 10. The van der Waals surface area contributed by atoms with Crippen LogP contribution in [0.5, 0.6) is 0 Å². The van der Waals surface area contributed by atoms with Crippen LogP contribution < -0.4 is 22.6 Å². The van der Waals surface area contributed by atoms with E-state index in [1.165, 1.54) is 0 Å². The van der Waals surface area contributed by atoms with Gasteiger partial charge in [0, 0.05) is 25.1 Å². The van der Waals surface area contributed by atoms with Gasteiger partial charge in [0.25, 0.3) is 5.96 Å². The van der Waals surface area contributed by atoms with Crippen molar-refractivity contribution in [3.8, 4) is 0 Å². The maximum atomic E-state index is 7.30. The molecule has 9 nitrogen and oxygen atoms in total. The van der Waals surface area contributed by atoms with Crippen molar-refractivity contribution in [2.24, 2.45) is 22.2 Å². The molecule has 0 aliphatic carbocycles. The molecular formula is C17H37N9. The van der Waals surface area contributed by atoms with Crippen LogP contribution in [0.4, 0.5) is 0 Å². The van der Waals surface area contributed by atoms with E-state index in [2.05, 4.69) is 29.2 Å². The molecule has 0 amide bonds. The zero-order valence-corrected chi connectivity index (χ0v) is 16.5. The summed E-state index contributed by atoms with van der Waals surface area (Å²) in [5, 5.41) is 21.0. The molecule has 26 heavy (non-hydrogen) atoms. The van der Waals surface area contributed by atoms with Crippen molar-refractivity contribution in [2.75, 3.05) is 6.54 Å². The highest BCUT2D eigenvalue weighted by Gasteiger charge is 1.97. The van der Waals surface area contributed by atoms with E-state index < -0.39 is 0 Å². The van der Waals surface area contributed by atoms with Gasteiger partial charge >= 0.3 is 0 Å². The van der Waals surface area contributed by atoms with E-state index in [4.69, 9.17) is 40.0 Å². The van der Waals surface area contributed by atoms with Crippen LogP contribution >= 0.6 is 0 Å². The van der Waals surface area contributed by atoms with E-state index >= 15 is 0 Å². The van der Waals surface area contributed by atoms with Crippen molar-refractivity contribution >= 4 is 23.3 Å². The third-order valence-electron chi connectivity index (χ3n) is 2.71. The summed E-state index contributed by atoms with van der Waals surface area (Å²) in [6.07, 6.45) is 7.15. The second-order valence-electron chi connectivity index (χ2n) is 5.53. The molecule has 0 saturated heterocycles. The predicted molar refractivity (Wildman–Crippen MR) is 112 cm³/mol. The summed E-state index contributed by atoms with van der Waals surface area (Å²) in [5.41, 5.74) is 18.1. The maximum Gasteiger partial charge on any atom is 0.259 e. The van der Waals surface area contributed by atoms with Crippen molar-refractivity contribution in [2.45, 2.75) is 72.1 Å². The quantitative estimate of drug-likeness (QED) is 0.136. The fourth-order valence-electron chi connectivity index (χ4n) is 1.40. The fourth-order valence-corrected chi connectivity index (χ4v) is 1.40. The summed E-state index contributed by atoms with van der Waals surface area (Å²) in [5.74, 6) is 0.606. The molecule has 0 radical (unpaired) electrons. The number of nitrogens with zero attached hydrogens (tertiary/aromatic N) is 2. The second-order valence-corrected chi connectivity index (χ2v) is 5.53. The summed E-state index contributed by atoms with van der Waals surface area (Å²) in [7, 11) is 0. The van der Waals surface area contributed by atoms with E-state index in [0.29, 0.717) is 24.5 Å². The number of guanidine groups is 1. The van der Waals surface area contributed by atoms with Gasteiger partial charge in [-0.1, -0.05) is 39.0 Å². The van der Waals surface area contributed by atoms with E-state index in [1.54, 1.807) is 0 Å². The molecule has 0 rings (SSSR count). The summed E-state index contributed by atoms with van der Waals surface area (Å²) < 4.78 is 0. The summed E-state index contributed by atoms with van der Waals surface area (Å²) in [4.78, 5) is 6.63. The highest BCUT2D eigenvalue weighted by molar-refractivity contribution is 5.99. The lowest BCUT2D eigenvalue weighted by atomic mass is 10.1. The fraction of sp³-hybridized carbons (Fsp3) is 0.706. The Hall–Kier alpha value is -2.63. The molecule has 0 heterocycles. The minimum absolute atomic E-state index is 0.0982. The van der Waals surface area contributed by atoms with Gasteiger partial charge in [0.1, 0.15) is 0 Å². The van der Waals surface area contributed by atoms with Crippen LogP contribution in [0.1, 0.15) is 72.1 Å². The van der Waals surface area contributed by atoms with Crippen molar-refractivity contribution in [1.82, 2.24) is 5.43 Å². The largest absolute Gasteiger partial charge is 0.388 e. The average Bonchev–Trinajstić information content (AvgIpc) is 2.57. The van der Waals surface area contributed by atoms with Crippen molar-refractivity contribution in [1.29, 1.82) is 16.2 Å². The highest BCUT2D eigenvalue weighted by Crippen LogP contribution is 1.97. The molecule has 0 unspecified atom stereocenters. The molecule has 9 heteroatoms. The molecule has 0 spiro atoms. The van der Waals surface area contributed by atoms with Gasteiger partial charge in [0.15, 0.2) is 0 Å². The zero-order valence-electron chi connectivity index (χ0n) is 16.5. The Morgan fingerprint density at radius 1 is 0.923 bits per heavy atom. The third kappa shape index (κ3) is 33.1. The molecular weight excluding hydrogens is 330 g/mol. The van der Waals surface area contributed by atoms with Gasteiger partial charge in [-0.15, -0.1) is 0 Å². The average molecular weight is 368 g/mol. The van der Waals surface area contributed by atoms with Gasteiger partial charge in [-0.05, 0) is 25.7 Å². The summed E-state index contributed by atoms with van der Waals surface area (Å²) >= 11 is 0. The molecule has 0 aliphatic rings. The van der Waals surface area contributed by atoms with Crippen LogP contribution in [-0.2, 0) is 0 Å². The molecule has 0 saturated carbocycles. The predicted octanol–water partition coefficient (Wildman–Crippen LogP) is 2.77. The first-order valence-electron chi connectivity index (χ1n) is 8.89. The van der Waals surface area contributed by atoms with E-state index in [0.717, 1.165) is 44.9 Å². The summed E-state index contributed by atoms with van der Waals surface area (Å²) in [6, 6.07) is 0. The smallest absolute Gasteiger partial charge is 0.259 e. The van der Waals surface area contributed by atoms with Gasteiger partial charge in [-0.3, -0.25) is 10.8 Å².